The van der Waals surface area contributed by atoms with E-state index in [9.17, 15) is 4.79 Å². The number of rotatable bonds is 5. The number of amides is 1. The fourth-order valence-electron chi connectivity index (χ4n) is 1.52. The maximum atomic E-state index is 11.7. The van der Waals surface area contributed by atoms with E-state index in [0.717, 1.165) is 18.4 Å². The summed E-state index contributed by atoms with van der Waals surface area (Å²) in [6.07, 6.45) is 3.76. The Morgan fingerprint density at radius 1 is 1.62 bits per heavy atom. The van der Waals surface area contributed by atoms with Crippen LogP contribution >= 0.6 is 11.3 Å². The Labute approximate surface area is 101 Å². The van der Waals surface area contributed by atoms with E-state index in [0.29, 0.717) is 0 Å². The van der Waals surface area contributed by atoms with E-state index < -0.39 is 0 Å². The van der Waals surface area contributed by atoms with Gasteiger partial charge in [-0.2, -0.15) is 0 Å². The topological polar surface area (TPSA) is 29.1 Å². The average molecular weight is 237 g/mol. The molecule has 0 aliphatic rings. The van der Waals surface area contributed by atoms with Crippen LogP contribution in [0.5, 0.6) is 0 Å². The molecule has 0 fully saturated rings. The smallest absolute Gasteiger partial charge is 0.246 e. The quantitative estimate of drug-likeness (QED) is 0.783. The van der Waals surface area contributed by atoms with Crippen molar-refractivity contribution in [2.75, 3.05) is 0 Å². The van der Waals surface area contributed by atoms with Crippen LogP contribution in [0.2, 0.25) is 0 Å². The lowest BCUT2D eigenvalue weighted by Gasteiger charge is -2.13. The van der Waals surface area contributed by atoms with Crippen LogP contribution in [0.15, 0.2) is 29.2 Å². The van der Waals surface area contributed by atoms with Gasteiger partial charge in [0.05, 0.1) is 0 Å². The Balaban J connectivity index is 2.42. The van der Waals surface area contributed by atoms with Crippen LogP contribution in [0.1, 0.15) is 32.1 Å². The summed E-state index contributed by atoms with van der Waals surface area (Å²) in [6, 6.07) is 4.32. The van der Waals surface area contributed by atoms with E-state index >= 15 is 0 Å². The molecule has 0 aliphatic carbocycles. The van der Waals surface area contributed by atoms with Crippen molar-refractivity contribution in [3.05, 3.63) is 34.0 Å². The first-order chi connectivity index (χ1) is 7.63. The van der Waals surface area contributed by atoms with E-state index in [-0.39, 0.29) is 11.9 Å². The Morgan fingerprint density at radius 2 is 2.38 bits per heavy atom. The van der Waals surface area contributed by atoms with Crippen molar-refractivity contribution in [3.63, 3.8) is 0 Å². The van der Waals surface area contributed by atoms with Crippen molar-refractivity contribution in [3.8, 4) is 0 Å². The lowest BCUT2D eigenvalue weighted by Crippen LogP contribution is -2.34. The van der Waals surface area contributed by atoms with Gasteiger partial charge in [-0.3, -0.25) is 4.79 Å². The van der Waals surface area contributed by atoms with Gasteiger partial charge in [-0.25, -0.2) is 0 Å². The normalized spacial score (nSPS) is 13.6. The fraction of sp³-hybridized carbons (Fsp3) is 0.462. The molecule has 16 heavy (non-hydrogen) atoms. The van der Waals surface area contributed by atoms with Crippen LogP contribution in [0, 0.1) is 0 Å². The third-order valence-electron chi connectivity index (χ3n) is 2.33. The summed E-state index contributed by atoms with van der Waals surface area (Å²) in [4.78, 5) is 13.0. The van der Waals surface area contributed by atoms with Crippen LogP contribution in [-0.4, -0.2) is 11.9 Å². The number of carbonyl (C=O) groups is 1. The van der Waals surface area contributed by atoms with Crippen LogP contribution in [0.3, 0.4) is 0 Å². The summed E-state index contributed by atoms with van der Waals surface area (Å²) < 4.78 is 0. The number of carbonyl (C=O) groups excluding carboxylic acids is 1. The molecule has 1 aromatic rings. The van der Waals surface area contributed by atoms with Gasteiger partial charge in [0.15, 0.2) is 0 Å². The molecule has 1 heterocycles. The van der Waals surface area contributed by atoms with Crippen molar-refractivity contribution in [2.24, 2.45) is 0 Å². The van der Waals surface area contributed by atoms with Gasteiger partial charge < -0.3 is 5.32 Å². The zero-order chi connectivity index (χ0) is 12.0. The first-order valence-electron chi connectivity index (χ1n) is 5.63. The fourth-order valence-corrected chi connectivity index (χ4v) is 2.35. The predicted octanol–water partition coefficient (Wildman–Crippen LogP) is 3.15. The molecule has 2 nitrogen and oxygen atoms in total. The zero-order valence-corrected chi connectivity index (χ0v) is 10.9. The first-order valence-corrected chi connectivity index (χ1v) is 6.51. The van der Waals surface area contributed by atoms with Gasteiger partial charge >= 0.3 is 0 Å². The second-order valence-corrected chi connectivity index (χ2v) is 4.99. The van der Waals surface area contributed by atoms with Crippen LogP contribution in [0.4, 0.5) is 0 Å². The average Bonchev–Trinajstić information content (AvgIpc) is 2.70. The monoisotopic (exact) mass is 237 g/mol. The molecule has 1 N–H and O–H groups in total. The lowest BCUT2D eigenvalue weighted by atomic mass is 10.2. The van der Waals surface area contributed by atoms with E-state index in [1.54, 1.807) is 11.3 Å². The third-order valence-corrected chi connectivity index (χ3v) is 3.23. The highest BCUT2D eigenvalue weighted by Gasteiger charge is 2.09. The van der Waals surface area contributed by atoms with E-state index in [4.69, 9.17) is 0 Å². The van der Waals surface area contributed by atoms with Crippen LogP contribution in [-0.2, 0) is 11.2 Å². The highest BCUT2D eigenvalue weighted by atomic mass is 32.1. The first kappa shape index (κ1) is 13.0. The summed E-state index contributed by atoms with van der Waals surface area (Å²) in [5, 5.41) is 5.06. The van der Waals surface area contributed by atoms with Crippen LogP contribution in [0.25, 0.3) is 0 Å². The highest BCUT2D eigenvalue weighted by Crippen LogP contribution is 2.11. The van der Waals surface area contributed by atoms with Gasteiger partial charge in [0.25, 0.3) is 0 Å². The molecular weight excluding hydrogens is 218 g/mol. The van der Waals surface area contributed by atoms with E-state index in [1.807, 2.05) is 32.9 Å². The second-order valence-electron chi connectivity index (χ2n) is 3.95. The molecule has 0 aliphatic heterocycles. The summed E-state index contributed by atoms with van der Waals surface area (Å²) in [5.41, 5.74) is 0.806. The number of nitrogens with one attached hydrogen (secondary N) is 1. The minimum atomic E-state index is 0.0471. The molecule has 1 rings (SSSR count). The van der Waals surface area contributed by atoms with Crippen molar-refractivity contribution in [1.29, 1.82) is 0 Å². The molecule has 1 aromatic heterocycles. The molecule has 0 bridgehead atoms. The molecule has 0 saturated carbocycles. The predicted molar refractivity (Wildman–Crippen MR) is 69.7 cm³/mol. The number of hydrogen-bond acceptors (Lipinski definition) is 2. The van der Waals surface area contributed by atoms with E-state index in [2.05, 4.69) is 16.8 Å². The molecule has 0 unspecified atom stereocenters. The van der Waals surface area contributed by atoms with Crippen molar-refractivity contribution in [1.82, 2.24) is 5.32 Å². The zero-order valence-electron chi connectivity index (χ0n) is 10.1. The lowest BCUT2D eigenvalue weighted by molar-refractivity contribution is -0.118. The summed E-state index contributed by atoms with van der Waals surface area (Å²) in [6.45, 7) is 5.93. The molecule has 88 valence electrons. The Bertz CT molecular complexity index is 354. The highest BCUT2D eigenvalue weighted by molar-refractivity contribution is 7.09. The number of allylic oxidation sites excluding steroid dienone is 1. The van der Waals surface area contributed by atoms with Gasteiger partial charge in [0.1, 0.15) is 0 Å². The Kier molecular flexibility index (Phi) is 5.26. The molecule has 3 heteroatoms. The van der Waals surface area contributed by atoms with Gasteiger partial charge in [0, 0.05) is 22.9 Å². The Hall–Kier alpha value is -1.09. The molecular formula is C13H19NOS. The Morgan fingerprint density at radius 3 is 2.94 bits per heavy atom. The minimum absolute atomic E-state index is 0.0471. The minimum Gasteiger partial charge on any atom is -0.350 e. The summed E-state index contributed by atoms with van der Waals surface area (Å²) >= 11 is 1.73. The van der Waals surface area contributed by atoms with Crippen molar-refractivity contribution in [2.45, 2.75) is 39.7 Å². The van der Waals surface area contributed by atoms with Gasteiger partial charge in [0.2, 0.25) is 5.91 Å². The molecule has 0 aromatic carbocycles. The summed E-state index contributed by atoms with van der Waals surface area (Å²) in [5.74, 6) is 0.0471. The SMILES string of the molecule is CC/C=C(/C)C(=O)N[C@H](C)Cc1cccs1. The van der Waals surface area contributed by atoms with Crippen molar-refractivity contribution < 1.29 is 4.79 Å². The molecule has 0 spiro atoms. The summed E-state index contributed by atoms with van der Waals surface area (Å²) in [7, 11) is 0. The molecule has 1 atom stereocenters. The molecule has 1 amide bonds. The largest absolute Gasteiger partial charge is 0.350 e. The van der Waals surface area contributed by atoms with Crippen molar-refractivity contribution >= 4 is 17.2 Å². The standard InChI is InChI=1S/C13H19NOS/c1-4-6-10(2)13(15)14-11(3)9-12-7-5-8-16-12/h5-8,11H,4,9H2,1-3H3,(H,14,15)/b10-6-/t11-/m1/s1. The van der Waals surface area contributed by atoms with Crippen LogP contribution < -0.4 is 5.32 Å². The van der Waals surface area contributed by atoms with E-state index in [1.165, 1.54) is 4.88 Å². The second kappa shape index (κ2) is 6.48. The van der Waals surface area contributed by atoms with Gasteiger partial charge in [-0.1, -0.05) is 19.1 Å². The maximum Gasteiger partial charge on any atom is 0.246 e. The number of thiophene rings is 1. The molecule has 0 saturated heterocycles. The van der Waals surface area contributed by atoms with Gasteiger partial charge in [-0.15, -0.1) is 11.3 Å². The van der Waals surface area contributed by atoms with Gasteiger partial charge in [-0.05, 0) is 31.7 Å². The molecule has 0 radical (unpaired) electrons. The number of hydrogen-bond donors (Lipinski definition) is 1. The maximum absolute atomic E-state index is 11.7. The third kappa shape index (κ3) is 4.19.